The molecule has 7 nitrogen and oxygen atoms in total. The molecule has 1 aromatic carbocycles. The first-order chi connectivity index (χ1) is 15.3. The number of hydrogen-bond donors (Lipinski definition) is 2. The molecule has 1 aromatic heterocycles. The van der Waals surface area contributed by atoms with E-state index in [2.05, 4.69) is 43.8 Å². The van der Waals surface area contributed by atoms with E-state index in [0.29, 0.717) is 29.3 Å². The molecule has 8 heteroatoms. The number of allylic oxidation sites excluding steroid dienone is 1. The fourth-order valence-corrected chi connectivity index (χ4v) is 4.00. The first-order valence-electron chi connectivity index (χ1n) is 9.82. The number of benzene rings is 1. The van der Waals surface area contributed by atoms with Gasteiger partial charge in [0.2, 0.25) is 5.95 Å². The van der Waals surface area contributed by atoms with Crippen LogP contribution in [0.3, 0.4) is 0 Å². The Balaban J connectivity index is 1.45. The van der Waals surface area contributed by atoms with E-state index in [1.807, 2.05) is 23.8 Å². The summed E-state index contributed by atoms with van der Waals surface area (Å²) in [7, 11) is 0. The molecule has 2 aliphatic rings. The Bertz CT molecular complexity index is 1180. The summed E-state index contributed by atoms with van der Waals surface area (Å²) in [5.41, 5.74) is 4.66. The van der Waals surface area contributed by atoms with E-state index in [1.54, 1.807) is 24.4 Å². The first-order valence-corrected chi connectivity index (χ1v) is 10.7. The predicted octanol–water partition coefficient (Wildman–Crippen LogP) is 4.08. The molecule has 0 bridgehead atoms. The van der Waals surface area contributed by atoms with E-state index in [1.165, 1.54) is 17.3 Å². The second-order valence-electron chi connectivity index (χ2n) is 6.82. The van der Waals surface area contributed by atoms with Gasteiger partial charge in [0.15, 0.2) is 0 Å². The van der Waals surface area contributed by atoms with E-state index in [4.69, 9.17) is 5.26 Å². The fraction of sp³-hybridized carbons (Fsp3) is 0.174. The van der Waals surface area contributed by atoms with Crippen molar-refractivity contribution in [3.8, 4) is 12.1 Å². The maximum Gasteiger partial charge on any atom is 0.223 e. The third kappa shape index (κ3) is 5.00. The van der Waals surface area contributed by atoms with Crippen LogP contribution in [0.1, 0.15) is 29.7 Å². The van der Waals surface area contributed by atoms with Gasteiger partial charge >= 0.3 is 0 Å². The molecule has 2 aliphatic heterocycles. The third-order valence-electron chi connectivity index (χ3n) is 4.74. The van der Waals surface area contributed by atoms with E-state index in [0.717, 1.165) is 35.7 Å². The summed E-state index contributed by atoms with van der Waals surface area (Å²) in [6, 6.07) is 13.4. The summed E-state index contributed by atoms with van der Waals surface area (Å²) < 4.78 is 0. The SMILES string of the molecule is N#C/C(=C1\NC(c2ccc(C#N)cc2)=CS1)c1ccnc(NCCC2=CCCN=C2)n1. The number of thioether (sulfide) groups is 1. The van der Waals surface area contributed by atoms with Gasteiger partial charge in [-0.15, -0.1) is 0 Å². The van der Waals surface area contributed by atoms with Crippen molar-refractivity contribution >= 4 is 35.2 Å². The lowest BCUT2D eigenvalue weighted by Gasteiger charge is -2.10. The Hall–Kier alpha value is -3.88. The number of nitrogens with zero attached hydrogens (tertiary/aromatic N) is 5. The zero-order valence-electron chi connectivity index (χ0n) is 16.7. The van der Waals surface area contributed by atoms with Gasteiger partial charge < -0.3 is 10.6 Å². The zero-order chi connectivity index (χ0) is 21.5. The van der Waals surface area contributed by atoms with Gasteiger partial charge in [-0.2, -0.15) is 10.5 Å². The van der Waals surface area contributed by atoms with Crippen LogP contribution in [0.5, 0.6) is 0 Å². The van der Waals surface area contributed by atoms with Crippen LogP contribution in [-0.2, 0) is 0 Å². The largest absolute Gasteiger partial charge is 0.354 e. The topological polar surface area (TPSA) is 110 Å². The minimum atomic E-state index is 0.456. The molecule has 0 unspecified atom stereocenters. The zero-order valence-corrected chi connectivity index (χ0v) is 17.5. The van der Waals surface area contributed by atoms with Gasteiger partial charge in [-0.3, -0.25) is 4.99 Å². The Morgan fingerprint density at radius 1 is 1.19 bits per heavy atom. The fourth-order valence-electron chi connectivity index (χ4n) is 3.14. The molecule has 0 fully saturated rings. The Morgan fingerprint density at radius 2 is 2.06 bits per heavy atom. The first kappa shape index (κ1) is 20.4. The van der Waals surface area contributed by atoms with Crippen molar-refractivity contribution in [3.63, 3.8) is 0 Å². The number of nitriles is 2. The van der Waals surface area contributed by atoms with Crippen LogP contribution in [0.2, 0.25) is 0 Å². The van der Waals surface area contributed by atoms with Gasteiger partial charge in [-0.25, -0.2) is 9.97 Å². The molecule has 0 aliphatic carbocycles. The minimum Gasteiger partial charge on any atom is -0.354 e. The van der Waals surface area contributed by atoms with E-state index < -0.39 is 0 Å². The molecule has 2 aromatic rings. The second kappa shape index (κ2) is 9.75. The van der Waals surface area contributed by atoms with Gasteiger partial charge in [0.05, 0.1) is 28.1 Å². The molecule has 2 N–H and O–H groups in total. The summed E-state index contributed by atoms with van der Waals surface area (Å²) in [6.45, 7) is 1.55. The number of rotatable bonds is 6. The molecule has 0 atom stereocenters. The molecule has 0 spiro atoms. The molecule has 0 saturated heterocycles. The van der Waals surface area contributed by atoms with E-state index in [-0.39, 0.29) is 0 Å². The number of dihydropyridines is 1. The van der Waals surface area contributed by atoms with Gasteiger partial charge in [-0.05, 0) is 42.2 Å². The van der Waals surface area contributed by atoms with Crippen molar-refractivity contribution in [2.45, 2.75) is 12.8 Å². The molecular weight excluding hydrogens is 406 g/mol. The number of hydrogen-bond acceptors (Lipinski definition) is 8. The lowest BCUT2D eigenvalue weighted by molar-refractivity contribution is 0.940. The van der Waals surface area contributed by atoms with Crippen LogP contribution in [0.25, 0.3) is 11.3 Å². The number of anilines is 1. The summed E-state index contributed by atoms with van der Waals surface area (Å²) in [5.74, 6) is 0.488. The molecule has 152 valence electrons. The predicted molar refractivity (Wildman–Crippen MR) is 124 cm³/mol. The van der Waals surface area contributed by atoms with Crippen molar-refractivity contribution < 1.29 is 0 Å². The highest BCUT2D eigenvalue weighted by Gasteiger charge is 2.18. The Kier molecular flexibility index (Phi) is 6.41. The van der Waals surface area contributed by atoms with Crippen molar-refractivity contribution in [1.29, 1.82) is 10.5 Å². The molecular formula is C23H19N7S. The van der Waals surface area contributed by atoms with Gasteiger partial charge in [0, 0.05) is 30.9 Å². The summed E-state index contributed by atoms with van der Waals surface area (Å²) >= 11 is 1.44. The van der Waals surface area contributed by atoms with Gasteiger partial charge in [0.25, 0.3) is 0 Å². The van der Waals surface area contributed by atoms with Crippen molar-refractivity contribution in [2.24, 2.45) is 4.99 Å². The average molecular weight is 426 g/mol. The summed E-state index contributed by atoms with van der Waals surface area (Å²) in [6.07, 6.45) is 7.60. The van der Waals surface area contributed by atoms with Crippen molar-refractivity contribution in [1.82, 2.24) is 15.3 Å². The number of aromatic nitrogens is 2. The molecule has 0 radical (unpaired) electrons. The quantitative estimate of drug-likeness (QED) is 0.671. The van der Waals surface area contributed by atoms with Gasteiger partial charge in [0.1, 0.15) is 11.6 Å². The maximum atomic E-state index is 9.78. The molecule has 0 amide bonds. The van der Waals surface area contributed by atoms with Crippen LogP contribution >= 0.6 is 11.8 Å². The Morgan fingerprint density at radius 3 is 2.81 bits per heavy atom. The van der Waals surface area contributed by atoms with E-state index in [9.17, 15) is 5.26 Å². The van der Waals surface area contributed by atoms with Crippen LogP contribution in [0, 0.1) is 22.7 Å². The van der Waals surface area contributed by atoms with Gasteiger partial charge in [-0.1, -0.05) is 30.0 Å². The van der Waals surface area contributed by atoms with Crippen LogP contribution in [-0.4, -0.2) is 29.3 Å². The number of nitrogens with one attached hydrogen (secondary N) is 2. The highest BCUT2D eigenvalue weighted by Crippen LogP contribution is 2.34. The van der Waals surface area contributed by atoms with Crippen molar-refractivity contribution in [2.75, 3.05) is 18.4 Å². The van der Waals surface area contributed by atoms with Crippen LogP contribution < -0.4 is 10.6 Å². The lowest BCUT2D eigenvalue weighted by atomic mass is 10.1. The van der Waals surface area contributed by atoms with Crippen LogP contribution in [0.15, 0.2) is 63.6 Å². The third-order valence-corrected chi connectivity index (χ3v) is 5.63. The highest BCUT2D eigenvalue weighted by molar-refractivity contribution is 8.06. The highest BCUT2D eigenvalue weighted by atomic mass is 32.2. The standard InChI is InChI=1S/C23H19N7S/c24-12-16-3-5-18(6-4-16)21-15-31-22(29-21)19(13-25)20-8-11-28-23(30-20)27-10-7-17-2-1-9-26-14-17/h2-6,8,11,14-15,29H,1,7,9-10H2,(H,27,28,30)/b22-19-. The van der Waals surface area contributed by atoms with Crippen molar-refractivity contribution in [3.05, 3.63) is 75.4 Å². The molecule has 0 saturated carbocycles. The molecule has 3 heterocycles. The molecule has 4 rings (SSSR count). The maximum absolute atomic E-state index is 9.78. The monoisotopic (exact) mass is 425 g/mol. The summed E-state index contributed by atoms with van der Waals surface area (Å²) in [5, 5.41) is 27.9. The second-order valence-corrected chi connectivity index (χ2v) is 7.70. The minimum absolute atomic E-state index is 0.456. The Labute approximate surface area is 184 Å². The summed E-state index contributed by atoms with van der Waals surface area (Å²) in [4.78, 5) is 13.1. The normalized spacial score (nSPS) is 16.5. The number of aliphatic imine (C=N–C) groups is 1. The lowest BCUT2D eigenvalue weighted by Crippen LogP contribution is -2.10. The average Bonchev–Trinajstić information content (AvgIpc) is 3.30. The molecule has 31 heavy (non-hydrogen) atoms. The smallest absolute Gasteiger partial charge is 0.223 e. The van der Waals surface area contributed by atoms with E-state index >= 15 is 0 Å². The van der Waals surface area contributed by atoms with Crippen LogP contribution in [0.4, 0.5) is 5.95 Å².